The fourth-order valence-electron chi connectivity index (χ4n) is 1.84. The maximum absolute atomic E-state index is 11.7. The summed E-state index contributed by atoms with van der Waals surface area (Å²) in [6.07, 6.45) is 2.89. The van der Waals surface area contributed by atoms with Crippen molar-refractivity contribution in [3.8, 4) is 0 Å². The first-order chi connectivity index (χ1) is 8.16. The first-order valence-corrected chi connectivity index (χ1v) is 6.20. The van der Waals surface area contributed by atoms with Crippen molar-refractivity contribution in [2.75, 3.05) is 6.54 Å². The molecular formula is C13H20N2O2. The van der Waals surface area contributed by atoms with Gasteiger partial charge in [0.05, 0.1) is 18.8 Å². The second-order valence-electron chi connectivity index (χ2n) is 4.90. The van der Waals surface area contributed by atoms with E-state index in [0.29, 0.717) is 6.54 Å². The highest BCUT2D eigenvalue weighted by molar-refractivity contribution is 5.81. The van der Waals surface area contributed by atoms with E-state index in [9.17, 15) is 4.79 Å². The Labute approximate surface area is 102 Å². The average molecular weight is 236 g/mol. The molecule has 3 unspecified atom stereocenters. The molecular weight excluding hydrogens is 216 g/mol. The summed E-state index contributed by atoms with van der Waals surface area (Å²) in [5.74, 6) is 2.38. The van der Waals surface area contributed by atoms with Gasteiger partial charge in [0, 0.05) is 0 Å². The van der Waals surface area contributed by atoms with Crippen LogP contribution in [0.15, 0.2) is 22.8 Å². The molecule has 0 bridgehead atoms. The summed E-state index contributed by atoms with van der Waals surface area (Å²) in [4.78, 5) is 11.7. The molecule has 1 saturated carbocycles. The van der Waals surface area contributed by atoms with Gasteiger partial charge in [-0.2, -0.15) is 0 Å². The topological polar surface area (TPSA) is 54.3 Å². The molecule has 4 nitrogen and oxygen atoms in total. The number of rotatable bonds is 6. The van der Waals surface area contributed by atoms with Crippen LogP contribution in [0.2, 0.25) is 0 Å². The van der Waals surface area contributed by atoms with E-state index in [-0.39, 0.29) is 11.9 Å². The molecule has 2 N–H and O–H groups in total. The van der Waals surface area contributed by atoms with Gasteiger partial charge in [-0.25, -0.2) is 0 Å². The Morgan fingerprint density at radius 3 is 3.00 bits per heavy atom. The van der Waals surface area contributed by atoms with Crippen molar-refractivity contribution < 1.29 is 9.21 Å². The first-order valence-electron chi connectivity index (χ1n) is 6.20. The predicted octanol–water partition coefficient (Wildman–Crippen LogP) is 1.53. The minimum atomic E-state index is -0.141. The van der Waals surface area contributed by atoms with E-state index < -0.39 is 0 Å². The van der Waals surface area contributed by atoms with Crippen LogP contribution in [-0.2, 0) is 11.3 Å². The Hall–Kier alpha value is -1.29. The van der Waals surface area contributed by atoms with Crippen LogP contribution in [0.1, 0.15) is 26.0 Å². The summed E-state index contributed by atoms with van der Waals surface area (Å²) >= 11 is 0. The minimum absolute atomic E-state index is 0.0229. The lowest BCUT2D eigenvalue weighted by atomic mass is 10.2. The van der Waals surface area contributed by atoms with E-state index in [1.807, 2.05) is 19.1 Å². The molecule has 94 valence electrons. The van der Waals surface area contributed by atoms with E-state index in [0.717, 1.165) is 24.1 Å². The zero-order valence-corrected chi connectivity index (χ0v) is 10.4. The highest BCUT2D eigenvalue weighted by Crippen LogP contribution is 2.36. The lowest BCUT2D eigenvalue weighted by Gasteiger charge is -2.13. The van der Waals surface area contributed by atoms with Gasteiger partial charge >= 0.3 is 0 Å². The van der Waals surface area contributed by atoms with Gasteiger partial charge in [-0.15, -0.1) is 0 Å². The highest BCUT2D eigenvalue weighted by atomic mass is 16.3. The monoisotopic (exact) mass is 236 g/mol. The molecule has 0 radical (unpaired) electrons. The van der Waals surface area contributed by atoms with Crippen molar-refractivity contribution in [3.63, 3.8) is 0 Å². The van der Waals surface area contributed by atoms with Gasteiger partial charge in [0.25, 0.3) is 0 Å². The number of amides is 1. The predicted molar refractivity (Wildman–Crippen MR) is 65.3 cm³/mol. The molecule has 1 aromatic heterocycles. The van der Waals surface area contributed by atoms with E-state index >= 15 is 0 Å². The largest absolute Gasteiger partial charge is 0.467 e. The van der Waals surface area contributed by atoms with Gasteiger partial charge < -0.3 is 15.1 Å². The zero-order chi connectivity index (χ0) is 12.3. The molecule has 1 heterocycles. The Balaban J connectivity index is 1.64. The molecule has 0 saturated heterocycles. The fraction of sp³-hybridized carbons (Fsp3) is 0.615. The van der Waals surface area contributed by atoms with Crippen LogP contribution in [0.4, 0.5) is 0 Å². The number of hydrogen-bond acceptors (Lipinski definition) is 3. The molecule has 1 aliphatic rings. The van der Waals surface area contributed by atoms with Crippen molar-refractivity contribution in [3.05, 3.63) is 24.2 Å². The highest BCUT2D eigenvalue weighted by Gasteiger charge is 2.32. The molecule has 1 amide bonds. The lowest BCUT2D eigenvalue weighted by molar-refractivity contribution is -0.123. The molecule has 0 spiro atoms. The Morgan fingerprint density at radius 1 is 1.65 bits per heavy atom. The Bertz CT molecular complexity index is 362. The first kappa shape index (κ1) is 12.2. The number of carbonyl (C=O) groups excluding carboxylic acids is 1. The summed E-state index contributed by atoms with van der Waals surface area (Å²) in [6, 6.07) is 3.53. The van der Waals surface area contributed by atoms with Crippen molar-refractivity contribution in [2.45, 2.75) is 32.9 Å². The summed E-state index contributed by atoms with van der Waals surface area (Å²) in [6.45, 7) is 5.53. The summed E-state index contributed by atoms with van der Waals surface area (Å²) in [7, 11) is 0. The van der Waals surface area contributed by atoms with E-state index in [1.54, 1.807) is 6.26 Å². The third-order valence-corrected chi connectivity index (χ3v) is 3.37. The van der Waals surface area contributed by atoms with Gasteiger partial charge in [-0.3, -0.25) is 4.79 Å². The zero-order valence-electron chi connectivity index (χ0n) is 10.4. The minimum Gasteiger partial charge on any atom is -0.467 e. The van der Waals surface area contributed by atoms with Crippen LogP contribution in [0.25, 0.3) is 0 Å². The van der Waals surface area contributed by atoms with E-state index in [4.69, 9.17) is 4.42 Å². The third-order valence-electron chi connectivity index (χ3n) is 3.37. The molecule has 0 aromatic carbocycles. The molecule has 0 aliphatic heterocycles. The van der Waals surface area contributed by atoms with Crippen LogP contribution >= 0.6 is 0 Å². The Morgan fingerprint density at radius 2 is 2.41 bits per heavy atom. The molecule has 3 atom stereocenters. The van der Waals surface area contributed by atoms with Crippen molar-refractivity contribution in [1.29, 1.82) is 0 Å². The maximum atomic E-state index is 11.7. The van der Waals surface area contributed by atoms with Crippen LogP contribution in [0.5, 0.6) is 0 Å². The average Bonchev–Trinajstić information content (AvgIpc) is 2.82. The SMILES string of the molecule is CC(NCC1CC1C)C(=O)NCc1ccco1. The van der Waals surface area contributed by atoms with Crippen molar-refractivity contribution >= 4 is 5.91 Å². The number of carbonyl (C=O) groups is 1. The van der Waals surface area contributed by atoms with Gasteiger partial charge in [-0.1, -0.05) is 6.92 Å². The Kier molecular flexibility index (Phi) is 3.84. The van der Waals surface area contributed by atoms with Crippen molar-refractivity contribution in [1.82, 2.24) is 10.6 Å². The number of hydrogen-bond donors (Lipinski definition) is 2. The van der Waals surface area contributed by atoms with Gasteiger partial charge in [0.2, 0.25) is 5.91 Å². The van der Waals surface area contributed by atoms with Crippen LogP contribution < -0.4 is 10.6 Å². The number of furan rings is 1. The third kappa shape index (κ3) is 3.60. The molecule has 4 heteroatoms. The van der Waals surface area contributed by atoms with Crippen LogP contribution in [0, 0.1) is 11.8 Å². The summed E-state index contributed by atoms with van der Waals surface area (Å²) in [5.41, 5.74) is 0. The molecule has 17 heavy (non-hydrogen) atoms. The fourth-order valence-corrected chi connectivity index (χ4v) is 1.84. The van der Waals surface area contributed by atoms with Crippen LogP contribution in [0.3, 0.4) is 0 Å². The molecule has 2 rings (SSSR count). The van der Waals surface area contributed by atoms with E-state index in [1.165, 1.54) is 6.42 Å². The standard InChI is InChI=1S/C13H20N2O2/c1-9-6-11(9)7-14-10(2)13(16)15-8-12-4-3-5-17-12/h3-5,9-11,14H,6-8H2,1-2H3,(H,15,16). The lowest BCUT2D eigenvalue weighted by Crippen LogP contribution is -2.42. The smallest absolute Gasteiger partial charge is 0.237 e. The van der Waals surface area contributed by atoms with E-state index in [2.05, 4.69) is 17.6 Å². The second kappa shape index (κ2) is 5.36. The molecule has 1 aliphatic carbocycles. The van der Waals surface area contributed by atoms with Gasteiger partial charge in [-0.05, 0) is 43.9 Å². The molecule has 1 fully saturated rings. The summed E-state index contributed by atoms with van der Waals surface area (Å²) < 4.78 is 5.15. The quantitative estimate of drug-likeness (QED) is 0.787. The summed E-state index contributed by atoms with van der Waals surface area (Å²) in [5, 5.41) is 6.11. The number of nitrogens with one attached hydrogen (secondary N) is 2. The van der Waals surface area contributed by atoms with Gasteiger partial charge in [0.15, 0.2) is 0 Å². The maximum Gasteiger partial charge on any atom is 0.237 e. The second-order valence-corrected chi connectivity index (χ2v) is 4.90. The molecule has 1 aromatic rings. The van der Waals surface area contributed by atoms with Crippen molar-refractivity contribution in [2.24, 2.45) is 11.8 Å². The normalized spacial score (nSPS) is 24.4. The van der Waals surface area contributed by atoms with Gasteiger partial charge in [0.1, 0.15) is 5.76 Å². The van der Waals surface area contributed by atoms with Crippen LogP contribution in [-0.4, -0.2) is 18.5 Å².